The SMILES string of the molecule is Cc1ccccc1-c1nnc(SCC(=O)c2ccc3c(c2)OCCO3)n1Cc1ccco1. The maximum absolute atomic E-state index is 12.9. The second-order valence-electron chi connectivity index (χ2n) is 7.36. The van der Waals surface area contributed by atoms with Gasteiger partial charge in [0.2, 0.25) is 0 Å². The van der Waals surface area contributed by atoms with Crippen molar-refractivity contribution >= 4 is 17.5 Å². The zero-order valence-electron chi connectivity index (χ0n) is 17.5. The molecule has 2 aromatic heterocycles. The molecule has 0 spiro atoms. The van der Waals surface area contributed by atoms with Crippen molar-refractivity contribution in [2.75, 3.05) is 19.0 Å². The first-order valence-corrected chi connectivity index (χ1v) is 11.2. The number of ketones is 1. The summed E-state index contributed by atoms with van der Waals surface area (Å²) in [5, 5.41) is 9.48. The molecule has 0 aliphatic carbocycles. The summed E-state index contributed by atoms with van der Waals surface area (Å²) in [4.78, 5) is 12.9. The topological polar surface area (TPSA) is 79.4 Å². The molecule has 0 saturated carbocycles. The predicted octanol–water partition coefficient (Wildman–Crippen LogP) is 4.64. The predicted molar refractivity (Wildman–Crippen MR) is 120 cm³/mol. The standard InChI is InChI=1S/C24H21N3O4S/c1-16-5-2-3-7-19(16)23-25-26-24(27(23)14-18-6-4-10-29-18)32-15-20(28)17-8-9-21-22(13-17)31-12-11-30-21/h2-10,13H,11-12,14-15H2,1H3. The van der Waals surface area contributed by atoms with Crippen LogP contribution in [-0.2, 0) is 6.54 Å². The Balaban J connectivity index is 1.39. The second kappa shape index (κ2) is 8.92. The second-order valence-corrected chi connectivity index (χ2v) is 8.30. The average molecular weight is 448 g/mol. The first-order chi connectivity index (χ1) is 15.7. The molecule has 0 amide bonds. The van der Waals surface area contributed by atoms with Crippen LogP contribution >= 0.6 is 11.8 Å². The molecule has 0 bridgehead atoms. The van der Waals surface area contributed by atoms with E-state index in [9.17, 15) is 4.79 Å². The van der Waals surface area contributed by atoms with E-state index in [2.05, 4.69) is 10.2 Å². The van der Waals surface area contributed by atoms with E-state index in [1.165, 1.54) is 11.8 Å². The number of Topliss-reactive ketones (excluding diaryl/α,β-unsaturated/α-hetero) is 1. The van der Waals surface area contributed by atoms with Gasteiger partial charge in [-0.15, -0.1) is 10.2 Å². The number of hydrogen-bond acceptors (Lipinski definition) is 7. The summed E-state index contributed by atoms with van der Waals surface area (Å²) in [7, 11) is 0. The van der Waals surface area contributed by atoms with Crippen LogP contribution in [0.4, 0.5) is 0 Å². The van der Waals surface area contributed by atoms with Gasteiger partial charge in [0.15, 0.2) is 28.3 Å². The van der Waals surface area contributed by atoms with Crippen LogP contribution in [0.2, 0.25) is 0 Å². The highest BCUT2D eigenvalue weighted by Crippen LogP contribution is 2.32. The fraction of sp³-hybridized carbons (Fsp3) is 0.208. The Morgan fingerprint density at radius 3 is 2.69 bits per heavy atom. The van der Waals surface area contributed by atoms with E-state index in [0.29, 0.717) is 42.0 Å². The highest BCUT2D eigenvalue weighted by atomic mass is 32.2. The van der Waals surface area contributed by atoms with E-state index in [1.807, 2.05) is 47.9 Å². The molecule has 0 saturated heterocycles. The summed E-state index contributed by atoms with van der Waals surface area (Å²) in [5.41, 5.74) is 2.68. The van der Waals surface area contributed by atoms with Crippen molar-refractivity contribution in [3.63, 3.8) is 0 Å². The van der Waals surface area contributed by atoms with Crippen LogP contribution in [-0.4, -0.2) is 39.5 Å². The molecule has 2 aromatic carbocycles. The van der Waals surface area contributed by atoms with Crippen molar-refractivity contribution in [1.82, 2.24) is 14.8 Å². The molecule has 32 heavy (non-hydrogen) atoms. The number of ether oxygens (including phenoxy) is 2. The molecule has 1 aliphatic heterocycles. The Morgan fingerprint density at radius 1 is 1.03 bits per heavy atom. The lowest BCUT2D eigenvalue weighted by atomic mass is 10.1. The molecular weight excluding hydrogens is 426 g/mol. The van der Waals surface area contributed by atoms with Gasteiger partial charge in [0.05, 0.1) is 18.6 Å². The number of benzene rings is 2. The van der Waals surface area contributed by atoms with Gasteiger partial charge < -0.3 is 13.9 Å². The number of fused-ring (bicyclic) bond motifs is 1. The van der Waals surface area contributed by atoms with Gasteiger partial charge >= 0.3 is 0 Å². The Bertz CT molecular complexity index is 1250. The van der Waals surface area contributed by atoms with E-state index in [1.54, 1.807) is 24.5 Å². The molecule has 8 heteroatoms. The zero-order chi connectivity index (χ0) is 21.9. The van der Waals surface area contributed by atoms with Gasteiger partial charge in [-0.25, -0.2) is 0 Å². The molecule has 4 aromatic rings. The van der Waals surface area contributed by atoms with Crippen molar-refractivity contribution < 1.29 is 18.7 Å². The summed E-state index contributed by atoms with van der Waals surface area (Å²) in [6.07, 6.45) is 1.64. The minimum Gasteiger partial charge on any atom is -0.486 e. The van der Waals surface area contributed by atoms with E-state index in [-0.39, 0.29) is 11.5 Å². The van der Waals surface area contributed by atoms with Crippen molar-refractivity contribution in [2.45, 2.75) is 18.6 Å². The Labute approximate surface area is 189 Å². The van der Waals surface area contributed by atoms with Gasteiger partial charge in [-0.3, -0.25) is 9.36 Å². The van der Waals surface area contributed by atoms with Gasteiger partial charge in [-0.1, -0.05) is 36.0 Å². The van der Waals surface area contributed by atoms with Crippen LogP contribution in [0, 0.1) is 6.92 Å². The lowest BCUT2D eigenvalue weighted by Crippen LogP contribution is -2.16. The highest BCUT2D eigenvalue weighted by Gasteiger charge is 2.20. The number of furan rings is 1. The molecule has 0 fully saturated rings. The van der Waals surface area contributed by atoms with Crippen molar-refractivity contribution in [1.29, 1.82) is 0 Å². The largest absolute Gasteiger partial charge is 0.486 e. The first-order valence-electron chi connectivity index (χ1n) is 10.3. The number of carbonyl (C=O) groups is 1. The van der Waals surface area contributed by atoms with Crippen molar-refractivity contribution in [2.24, 2.45) is 0 Å². The number of hydrogen-bond donors (Lipinski definition) is 0. The smallest absolute Gasteiger partial charge is 0.192 e. The molecule has 0 N–H and O–H groups in total. The van der Waals surface area contributed by atoms with Crippen LogP contribution in [0.5, 0.6) is 11.5 Å². The third kappa shape index (κ3) is 4.13. The Morgan fingerprint density at radius 2 is 1.88 bits per heavy atom. The van der Waals surface area contributed by atoms with E-state index < -0.39 is 0 Å². The average Bonchev–Trinajstić information content (AvgIpc) is 3.48. The number of thioether (sulfide) groups is 1. The van der Waals surface area contributed by atoms with Crippen molar-refractivity contribution in [3.8, 4) is 22.9 Å². The summed E-state index contributed by atoms with van der Waals surface area (Å²) >= 11 is 1.36. The third-order valence-corrected chi connectivity index (χ3v) is 6.16. The van der Waals surface area contributed by atoms with Crippen molar-refractivity contribution in [3.05, 3.63) is 77.7 Å². The van der Waals surface area contributed by atoms with Gasteiger partial charge in [0, 0.05) is 11.1 Å². The molecular formula is C24H21N3O4S. The summed E-state index contributed by atoms with van der Waals surface area (Å²) in [6, 6.07) is 17.1. The lowest BCUT2D eigenvalue weighted by Gasteiger charge is -2.18. The Kier molecular flexibility index (Phi) is 5.68. The minimum absolute atomic E-state index is 0.0167. The normalized spacial score (nSPS) is 12.7. The molecule has 1 aliphatic rings. The van der Waals surface area contributed by atoms with Crippen LogP contribution in [0.15, 0.2) is 70.4 Å². The number of aromatic nitrogens is 3. The quantitative estimate of drug-likeness (QED) is 0.302. The minimum atomic E-state index is -0.0167. The van der Waals surface area contributed by atoms with Gasteiger partial charge in [0.1, 0.15) is 19.0 Å². The van der Waals surface area contributed by atoms with Gasteiger partial charge in [-0.05, 0) is 42.8 Å². The summed E-state index contributed by atoms with van der Waals surface area (Å²) in [6.45, 7) is 3.52. The fourth-order valence-electron chi connectivity index (χ4n) is 3.55. The maximum Gasteiger partial charge on any atom is 0.192 e. The highest BCUT2D eigenvalue weighted by molar-refractivity contribution is 7.99. The Hall–Kier alpha value is -3.52. The third-order valence-electron chi connectivity index (χ3n) is 5.19. The number of aryl methyl sites for hydroxylation is 1. The van der Waals surface area contributed by atoms with E-state index >= 15 is 0 Å². The van der Waals surface area contributed by atoms with E-state index in [4.69, 9.17) is 13.9 Å². The fourth-order valence-corrected chi connectivity index (χ4v) is 4.38. The van der Waals surface area contributed by atoms with Gasteiger partial charge in [0.25, 0.3) is 0 Å². The van der Waals surface area contributed by atoms with Crippen LogP contribution in [0.25, 0.3) is 11.4 Å². The molecule has 3 heterocycles. The van der Waals surface area contributed by atoms with Gasteiger partial charge in [-0.2, -0.15) is 0 Å². The molecule has 0 radical (unpaired) electrons. The monoisotopic (exact) mass is 447 g/mol. The number of rotatable bonds is 7. The molecule has 0 atom stereocenters. The lowest BCUT2D eigenvalue weighted by molar-refractivity contribution is 0.102. The van der Waals surface area contributed by atoms with Crippen LogP contribution in [0.3, 0.4) is 0 Å². The molecule has 5 rings (SSSR count). The van der Waals surface area contributed by atoms with Crippen LogP contribution < -0.4 is 9.47 Å². The molecule has 0 unspecified atom stereocenters. The zero-order valence-corrected chi connectivity index (χ0v) is 18.3. The molecule has 7 nitrogen and oxygen atoms in total. The number of nitrogens with zero attached hydrogens (tertiary/aromatic N) is 3. The first kappa shape index (κ1) is 20.4. The summed E-state index contributed by atoms with van der Waals surface area (Å²) in [5.74, 6) is 3.02. The van der Waals surface area contributed by atoms with E-state index in [0.717, 1.165) is 22.7 Å². The number of carbonyl (C=O) groups excluding carboxylic acids is 1. The van der Waals surface area contributed by atoms with Crippen LogP contribution in [0.1, 0.15) is 21.7 Å². The molecule has 162 valence electrons. The summed E-state index contributed by atoms with van der Waals surface area (Å²) < 4.78 is 18.7. The maximum atomic E-state index is 12.9.